The molecule has 1 amide bonds. The van der Waals surface area contributed by atoms with Crippen LogP contribution in [-0.4, -0.2) is 44.9 Å². The standard InChI is InChI=1S/C23H19ClN2O5S/c24-16-3-7-21-19(13-16)20(23(27)25-21)14-17-4-8-22(31-17)15-1-5-18(6-2-15)32(28,29)26-9-11-30-12-10-26/h1-8,13-14H,9-12H2,(H,25,27)/b20-14+. The first-order valence-corrected chi connectivity index (χ1v) is 11.8. The SMILES string of the molecule is O=C1Nc2ccc(Cl)cc2/C1=C\c1ccc(-c2ccc(S(=O)(=O)N3CCOCC3)cc2)o1. The van der Waals surface area contributed by atoms with E-state index in [2.05, 4.69) is 5.32 Å². The molecule has 3 heterocycles. The van der Waals surface area contributed by atoms with Gasteiger partial charge in [-0.3, -0.25) is 4.79 Å². The van der Waals surface area contributed by atoms with Crippen LogP contribution in [0.5, 0.6) is 0 Å². The minimum Gasteiger partial charge on any atom is -0.457 e. The molecular weight excluding hydrogens is 452 g/mol. The summed E-state index contributed by atoms with van der Waals surface area (Å²) < 4.78 is 38.1. The molecule has 2 aliphatic rings. The maximum Gasteiger partial charge on any atom is 0.256 e. The van der Waals surface area contributed by atoms with E-state index in [0.29, 0.717) is 54.1 Å². The second-order valence-corrected chi connectivity index (χ2v) is 9.82. The van der Waals surface area contributed by atoms with Gasteiger partial charge in [-0.2, -0.15) is 4.31 Å². The third-order valence-electron chi connectivity index (χ3n) is 5.42. The number of hydrogen-bond donors (Lipinski definition) is 1. The number of morpholine rings is 1. The number of carbonyl (C=O) groups is 1. The maximum atomic E-state index is 12.8. The Bertz CT molecular complexity index is 1320. The number of halogens is 1. The second-order valence-electron chi connectivity index (χ2n) is 7.44. The molecular formula is C23H19ClN2O5S. The molecule has 1 N–H and O–H groups in total. The summed E-state index contributed by atoms with van der Waals surface area (Å²) in [6, 6.07) is 15.3. The van der Waals surface area contributed by atoms with E-state index in [1.54, 1.807) is 60.7 Å². The van der Waals surface area contributed by atoms with Crippen molar-refractivity contribution in [2.24, 2.45) is 0 Å². The molecule has 1 saturated heterocycles. The molecule has 1 fully saturated rings. The van der Waals surface area contributed by atoms with E-state index in [0.717, 1.165) is 11.1 Å². The van der Waals surface area contributed by atoms with E-state index in [-0.39, 0.29) is 10.8 Å². The molecule has 2 aliphatic heterocycles. The predicted molar refractivity (Wildman–Crippen MR) is 122 cm³/mol. The van der Waals surface area contributed by atoms with Crippen molar-refractivity contribution < 1.29 is 22.4 Å². The van der Waals surface area contributed by atoms with Crippen LogP contribution in [0.25, 0.3) is 23.0 Å². The fourth-order valence-corrected chi connectivity index (χ4v) is 5.34. The lowest BCUT2D eigenvalue weighted by Crippen LogP contribution is -2.40. The molecule has 0 aliphatic carbocycles. The van der Waals surface area contributed by atoms with Gasteiger partial charge in [-0.1, -0.05) is 11.6 Å². The molecule has 0 atom stereocenters. The summed E-state index contributed by atoms with van der Waals surface area (Å²) in [5.74, 6) is 0.845. The molecule has 0 bridgehead atoms. The van der Waals surface area contributed by atoms with Gasteiger partial charge in [0.25, 0.3) is 5.91 Å². The van der Waals surface area contributed by atoms with Gasteiger partial charge in [0.15, 0.2) is 0 Å². The first-order chi connectivity index (χ1) is 15.4. The van der Waals surface area contributed by atoms with E-state index in [9.17, 15) is 13.2 Å². The van der Waals surface area contributed by atoms with Gasteiger partial charge in [-0.25, -0.2) is 8.42 Å². The fourth-order valence-electron chi connectivity index (χ4n) is 3.76. The topological polar surface area (TPSA) is 88.9 Å². The number of nitrogens with zero attached hydrogens (tertiary/aromatic N) is 1. The van der Waals surface area contributed by atoms with Crippen LogP contribution in [0.2, 0.25) is 5.02 Å². The lowest BCUT2D eigenvalue weighted by molar-refractivity contribution is -0.110. The number of benzene rings is 2. The highest BCUT2D eigenvalue weighted by molar-refractivity contribution is 7.89. The highest BCUT2D eigenvalue weighted by Crippen LogP contribution is 2.35. The van der Waals surface area contributed by atoms with Crippen LogP contribution in [0.15, 0.2) is 63.9 Å². The van der Waals surface area contributed by atoms with Crippen molar-refractivity contribution in [3.05, 3.63) is 70.9 Å². The summed E-state index contributed by atoms with van der Waals surface area (Å²) in [7, 11) is -3.55. The van der Waals surface area contributed by atoms with Crippen LogP contribution in [0, 0.1) is 0 Å². The summed E-state index contributed by atoms with van der Waals surface area (Å²) in [6.07, 6.45) is 1.66. The summed E-state index contributed by atoms with van der Waals surface area (Å²) in [4.78, 5) is 12.6. The number of fused-ring (bicyclic) bond motifs is 1. The third-order valence-corrected chi connectivity index (χ3v) is 7.57. The van der Waals surface area contributed by atoms with E-state index in [1.165, 1.54) is 4.31 Å². The van der Waals surface area contributed by atoms with Crippen LogP contribution in [0.4, 0.5) is 5.69 Å². The number of amides is 1. The average Bonchev–Trinajstić information content (AvgIpc) is 3.39. The van der Waals surface area contributed by atoms with Gasteiger partial charge >= 0.3 is 0 Å². The molecule has 164 valence electrons. The Labute approximate surface area is 190 Å². The molecule has 3 aromatic rings. The summed E-state index contributed by atoms with van der Waals surface area (Å²) >= 11 is 6.08. The monoisotopic (exact) mass is 470 g/mol. The van der Waals surface area contributed by atoms with Gasteiger partial charge in [0, 0.05) is 34.9 Å². The van der Waals surface area contributed by atoms with Crippen molar-refractivity contribution in [2.45, 2.75) is 4.90 Å². The van der Waals surface area contributed by atoms with Gasteiger partial charge in [-0.05, 0) is 60.7 Å². The molecule has 32 heavy (non-hydrogen) atoms. The number of furan rings is 1. The Morgan fingerprint density at radius 1 is 1.00 bits per heavy atom. The molecule has 0 saturated carbocycles. The quantitative estimate of drug-likeness (QED) is 0.579. The van der Waals surface area contributed by atoms with E-state index in [1.807, 2.05) is 0 Å². The van der Waals surface area contributed by atoms with Crippen LogP contribution in [0.1, 0.15) is 11.3 Å². The van der Waals surface area contributed by atoms with Crippen LogP contribution in [-0.2, 0) is 19.6 Å². The zero-order valence-corrected chi connectivity index (χ0v) is 18.4. The highest BCUT2D eigenvalue weighted by Gasteiger charge is 2.27. The van der Waals surface area contributed by atoms with Crippen LogP contribution >= 0.6 is 11.6 Å². The lowest BCUT2D eigenvalue weighted by atomic mass is 10.1. The van der Waals surface area contributed by atoms with Crippen molar-refractivity contribution in [1.82, 2.24) is 4.31 Å². The molecule has 9 heteroatoms. The number of nitrogens with one attached hydrogen (secondary N) is 1. The minimum atomic E-state index is -3.55. The lowest BCUT2D eigenvalue weighted by Gasteiger charge is -2.26. The predicted octanol–water partition coefficient (Wildman–Crippen LogP) is 4.11. The zero-order chi connectivity index (χ0) is 22.3. The number of hydrogen-bond acceptors (Lipinski definition) is 5. The van der Waals surface area contributed by atoms with Gasteiger partial charge in [0.05, 0.1) is 23.7 Å². The van der Waals surface area contributed by atoms with Crippen molar-refractivity contribution in [3.8, 4) is 11.3 Å². The van der Waals surface area contributed by atoms with Crippen LogP contribution in [0.3, 0.4) is 0 Å². The number of ether oxygens (including phenoxy) is 1. The second kappa shape index (κ2) is 8.22. The van der Waals surface area contributed by atoms with Crippen molar-refractivity contribution in [1.29, 1.82) is 0 Å². The number of carbonyl (C=O) groups excluding carboxylic acids is 1. The largest absolute Gasteiger partial charge is 0.457 e. The Morgan fingerprint density at radius 3 is 2.50 bits per heavy atom. The fraction of sp³-hybridized carbons (Fsp3) is 0.174. The Kier molecular flexibility index (Phi) is 5.38. The molecule has 0 spiro atoms. The number of sulfonamides is 1. The first-order valence-electron chi connectivity index (χ1n) is 10.0. The summed E-state index contributed by atoms with van der Waals surface area (Å²) in [5.41, 5.74) is 2.62. The van der Waals surface area contributed by atoms with E-state index < -0.39 is 10.0 Å². The Morgan fingerprint density at radius 2 is 1.75 bits per heavy atom. The normalized spacial score (nSPS) is 18.0. The molecule has 2 aromatic carbocycles. The molecule has 0 radical (unpaired) electrons. The van der Waals surface area contributed by atoms with Gasteiger partial charge < -0.3 is 14.5 Å². The third kappa shape index (κ3) is 3.86. The summed E-state index contributed by atoms with van der Waals surface area (Å²) in [5, 5.41) is 3.34. The molecule has 0 unspecified atom stereocenters. The van der Waals surface area contributed by atoms with Crippen molar-refractivity contribution in [2.75, 3.05) is 31.6 Å². The van der Waals surface area contributed by atoms with E-state index in [4.69, 9.17) is 20.8 Å². The van der Waals surface area contributed by atoms with E-state index >= 15 is 0 Å². The molecule has 1 aromatic heterocycles. The van der Waals surface area contributed by atoms with Crippen molar-refractivity contribution in [3.63, 3.8) is 0 Å². The summed E-state index contributed by atoms with van der Waals surface area (Å²) in [6.45, 7) is 1.50. The average molecular weight is 471 g/mol. The van der Waals surface area contributed by atoms with Gasteiger partial charge in [-0.15, -0.1) is 0 Å². The zero-order valence-electron chi connectivity index (χ0n) is 16.9. The highest BCUT2D eigenvalue weighted by atomic mass is 35.5. The smallest absolute Gasteiger partial charge is 0.256 e. The Balaban J connectivity index is 1.39. The van der Waals surface area contributed by atoms with Crippen molar-refractivity contribution >= 4 is 44.9 Å². The van der Waals surface area contributed by atoms with Crippen LogP contribution < -0.4 is 5.32 Å². The molecule has 7 nitrogen and oxygen atoms in total. The Hall–Kier alpha value is -2.91. The maximum absolute atomic E-state index is 12.8. The minimum absolute atomic E-state index is 0.224. The first kappa shape index (κ1) is 21.0. The molecule has 5 rings (SSSR count). The van der Waals surface area contributed by atoms with Gasteiger partial charge in [0.1, 0.15) is 11.5 Å². The number of anilines is 1. The van der Waals surface area contributed by atoms with Gasteiger partial charge in [0.2, 0.25) is 10.0 Å². The number of rotatable bonds is 4.